The molecule has 0 amide bonds. The topological polar surface area (TPSA) is 0 Å². The first-order valence-electron chi connectivity index (χ1n) is 9.57. The summed E-state index contributed by atoms with van der Waals surface area (Å²) in [4.78, 5) is 0. The average molecular weight is 333 g/mol. The van der Waals surface area contributed by atoms with Crippen molar-refractivity contribution >= 4 is 0 Å². The minimum Gasteiger partial charge on any atom is -0.0988 e. The molecule has 0 saturated heterocycles. The van der Waals surface area contributed by atoms with Crippen LogP contribution in [0.3, 0.4) is 0 Å². The highest BCUT2D eigenvalue weighted by molar-refractivity contribution is 5.67. The zero-order chi connectivity index (χ0) is 18.1. The summed E-state index contributed by atoms with van der Waals surface area (Å²) in [5, 5.41) is 0. The van der Waals surface area contributed by atoms with Crippen molar-refractivity contribution < 1.29 is 0 Å². The van der Waals surface area contributed by atoms with Crippen molar-refractivity contribution in [2.24, 2.45) is 0 Å². The molecule has 1 aliphatic rings. The molecule has 0 aromatic heterocycles. The molecule has 1 saturated carbocycles. The van der Waals surface area contributed by atoms with Crippen LogP contribution in [0.1, 0.15) is 63.0 Å². The Balaban J connectivity index is 0.000000326. The fourth-order valence-electron chi connectivity index (χ4n) is 3.39. The van der Waals surface area contributed by atoms with Gasteiger partial charge in [-0.25, -0.2) is 0 Å². The number of aryl methyl sites for hydroxylation is 1. The van der Waals surface area contributed by atoms with Crippen molar-refractivity contribution in [3.8, 4) is 11.1 Å². The van der Waals surface area contributed by atoms with E-state index in [-0.39, 0.29) is 0 Å². The van der Waals surface area contributed by atoms with Gasteiger partial charge in [0.2, 0.25) is 0 Å². The Kier molecular flexibility index (Phi) is 7.73. The standard InChI is InChI=1S/C19H22.C6H10/c1-15-7-5-6-10-19(15)18-13-11-17(12-14-18)16-8-3-2-4-9-16;1-4-6(3)5-2/h5-7,10-14,16H,2-4,8-9H2,1H3;4-5H,1H2,2-3H3/b;6-5-. The summed E-state index contributed by atoms with van der Waals surface area (Å²) in [5.41, 5.74) is 6.83. The molecule has 25 heavy (non-hydrogen) atoms. The maximum Gasteiger partial charge on any atom is -0.0155 e. The van der Waals surface area contributed by atoms with E-state index in [9.17, 15) is 0 Å². The largest absolute Gasteiger partial charge is 0.0988 e. The van der Waals surface area contributed by atoms with E-state index in [1.165, 1.54) is 59.9 Å². The number of hydrogen-bond donors (Lipinski definition) is 0. The zero-order valence-corrected chi connectivity index (χ0v) is 16.1. The van der Waals surface area contributed by atoms with Crippen LogP contribution in [-0.4, -0.2) is 0 Å². The van der Waals surface area contributed by atoms with Crippen molar-refractivity contribution in [1.29, 1.82) is 0 Å². The van der Waals surface area contributed by atoms with Gasteiger partial charge in [0, 0.05) is 0 Å². The van der Waals surface area contributed by atoms with Gasteiger partial charge in [-0.3, -0.25) is 0 Å². The third-order valence-corrected chi connectivity index (χ3v) is 5.22. The Labute approximate surface area is 154 Å². The first-order valence-corrected chi connectivity index (χ1v) is 9.57. The second-order valence-electron chi connectivity index (χ2n) is 7.01. The van der Waals surface area contributed by atoms with Gasteiger partial charge in [-0.1, -0.05) is 92.1 Å². The van der Waals surface area contributed by atoms with Crippen molar-refractivity contribution in [2.75, 3.05) is 0 Å². The highest BCUT2D eigenvalue weighted by Gasteiger charge is 2.15. The molecule has 0 radical (unpaired) electrons. The van der Waals surface area contributed by atoms with Gasteiger partial charge in [-0.2, -0.15) is 0 Å². The molecule has 2 aromatic carbocycles. The first kappa shape index (κ1) is 19.2. The summed E-state index contributed by atoms with van der Waals surface area (Å²) in [7, 11) is 0. The van der Waals surface area contributed by atoms with Crippen LogP contribution in [0.2, 0.25) is 0 Å². The average Bonchev–Trinajstić information content (AvgIpc) is 2.69. The summed E-state index contributed by atoms with van der Waals surface area (Å²) in [6, 6.07) is 17.9. The van der Waals surface area contributed by atoms with Gasteiger partial charge in [0.15, 0.2) is 0 Å². The lowest BCUT2D eigenvalue weighted by atomic mass is 9.83. The predicted octanol–water partition coefficient (Wildman–Crippen LogP) is 7.85. The van der Waals surface area contributed by atoms with Gasteiger partial charge in [0.05, 0.1) is 0 Å². The Hall–Kier alpha value is -2.08. The molecule has 0 heterocycles. The Morgan fingerprint density at radius 1 is 0.960 bits per heavy atom. The maximum atomic E-state index is 3.56. The molecule has 0 aliphatic heterocycles. The fourth-order valence-corrected chi connectivity index (χ4v) is 3.39. The lowest BCUT2D eigenvalue weighted by molar-refractivity contribution is 0.443. The molecule has 0 spiro atoms. The lowest BCUT2D eigenvalue weighted by Gasteiger charge is -2.22. The maximum absolute atomic E-state index is 3.56. The van der Waals surface area contributed by atoms with E-state index in [0.29, 0.717) is 0 Å². The molecule has 0 atom stereocenters. The molecular formula is C25H32. The number of allylic oxidation sites excluding steroid dienone is 3. The van der Waals surface area contributed by atoms with Crippen LogP contribution >= 0.6 is 0 Å². The number of benzene rings is 2. The number of rotatable bonds is 3. The zero-order valence-electron chi connectivity index (χ0n) is 16.1. The van der Waals surface area contributed by atoms with Crippen LogP contribution in [0.5, 0.6) is 0 Å². The normalized spacial score (nSPS) is 15.2. The van der Waals surface area contributed by atoms with E-state index in [4.69, 9.17) is 0 Å². The first-order chi connectivity index (χ1) is 12.2. The van der Waals surface area contributed by atoms with E-state index in [1.807, 2.05) is 26.0 Å². The minimum atomic E-state index is 0.805. The molecule has 3 rings (SSSR count). The van der Waals surface area contributed by atoms with Crippen molar-refractivity contribution in [3.05, 3.63) is 84.0 Å². The lowest BCUT2D eigenvalue weighted by Crippen LogP contribution is -2.04. The molecular weight excluding hydrogens is 300 g/mol. The highest BCUT2D eigenvalue weighted by Crippen LogP contribution is 2.33. The smallest absolute Gasteiger partial charge is 0.0155 e. The van der Waals surface area contributed by atoms with Crippen molar-refractivity contribution in [2.45, 2.75) is 58.8 Å². The molecule has 0 bridgehead atoms. The molecule has 0 heteroatoms. The van der Waals surface area contributed by atoms with Gasteiger partial charge in [-0.05, 0) is 61.8 Å². The molecule has 1 aliphatic carbocycles. The third-order valence-electron chi connectivity index (χ3n) is 5.22. The summed E-state index contributed by atoms with van der Waals surface area (Å²) in [6.07, 6.45) is 10.9. The Morgan fingerprint density at radius 3 is 2.12 bits per heavy atom. The van der Waals surface area contributed by atoms with Gasteiger partial charge in [0.1, 0.15) is 0 Å². The van der Waals surface area contributed by atoms with Crippen LogP contribution < -0.4 is 0 Å². The summed E-state index contributed by atoms with van der Waals surface area (Å²) >= 11 is 0. The van der Waals surface area contributed by atoms with E-state index in [1.54, 1.807) is 0 Å². The van der Waals surface area contributed by atoms with E-state index >= 15 is 0 Å². The summed E-state index contributed by atoms with van der Waals surface area (Å²) in [5.74, 6) is 0.805. The molecule has 132 valence electrons. The third kappa shape index (κ3) is 5.74. The molecule has 0 nitrogen and oxygen atoms in total. The van der Waals surface area contributed by atoms with Crippen molar-refractivity contribution in [1.82, 2.24) is 0 Å². The highest BCUT2D eigenvalue weighted by atomic mass is 14.2. The predicted molar refractivity (Wildman–Crippen MR) is 112 cm³/mol. The Morgan fingerprint density at radius 2 is 1.60 bits per heavy atom. The SMILES string of the molecule is C=C/C(C)=C\C.Cc1ccccc1-c1ccc(C2CCCCC2)cc1. The summed E-state index contributed by atoms with van der Waals surface area (Å²) in [6.45, 7) is 9.77. The molecule has 0 N–H and O–H groups in total. The van der Waals surface area contributed by atoms with E-state index < -0.39 is 0 Å². The molecule has 0 unspecified atom stereocenters. The van der Waals surface area contributed by atoms with Crippen LogP contribution in [0.25, 0.3) is 11.1 Å². The second kappa shape index (κ2) is 10.0. The monoisotopic (exact) mass is 332 g/mol. The van der Waals surface area contributed by atoms with E-state index in [2.05, 4.69) is 62.0 Å². The van der Waals surface area contributed by atoms with Crippen LogP contribution in [0.4, 0.5) is 0 Å². The minimum absolute atomic E-state index is 0.805. The van der Waals surface area contributed by atoms with E-state index in [0.717, 1.165) is 5.92 Å². The summed E-state index contributed by atoms with van der Waals surface area (Å²) < 4.78 is 0. The molecule has 2 aromatic rings. The van der Waals surface area contributed by atoms with Gasteiger partial charge < -0.3 is 0 Å². The Bertz CT molecular complexity index is 682. The quantitative estimate of drug-likeness (QED) is 0.502. The van der Waals surface area contributed by atoms with Gasteiger partial charge in [-0.15, -0.1) is 0 Å². The van der Waals surface area contributed by atoms with Crippen LogP contribution in [0.15, 0.2) is 72.8 Å². The fraction of sp³-hybridized carbons (Fsp3) is 0.360. The van der Waals surface area contributed by atoms with Crippen LogP contribution in [0, 0.1) is 6.92 Å². The van der Waals surface area contributed by atoms with Crippen LogP contribution in [-0.2, 0) is 0 Å². The van der Waals surface area contributed by atoms with Gasteiger partial charge in [0.25, 0.3) is 0 Å². The van der Waals surface area contributed by atoms with Gasteiger partial charge >= 0.3 is 0 Å². The number of hydrogen-bond acceptors (Lipinski definition) is 0. The van der Waals surface area contributed by atoms with Crippen molar-refractivity contribution in [3.63, 3.8) is 0 Å². The molecule has 1 fully saturated rings. The second-order valence-corrected chi connectivity index (χ2v) is 7.01.